The summed E-state index contributed by atoms with van der Waals surface area (Å²) in [7, 11) is 1.96. The van der Waals surface area contributed by atoms with Gasteiger partial charge in [0.15, 0.2) is 5.82 Å². The van der Waals surface area contributed by atoms with Crippen molar-refractivity contribution < 1.29 is 0 Å². The van der Waals surface area contributed by atoms with Crippen molar-refractivity contribution in [3.8, 4) is 6.07 Å². The highest BCUT2D eigenvalue weighted by Gasteiger charge is 2.10. The fraction of sp³-hybridized carbons (Fsp3) is 0.250. The molecule has 5 heteroatoms. The Morgan fingerprint density at radius 1 is 1.41 bits per heavy atom. The van der Waals surface area contributed by atoms with E-state index in [9.17, 15) is 0 Å². The Morgan fingerprint density at radius 3 is 2.88 bits per heavy atom. The van der Waals surface area contributed by atoms with Crippen molar-refractivity contribution >= 4 is 17.2 Å². The molecule has 0 saturated carbocycles. The Labute approximate surface area is 104 Å². The molecule has 0 fully saturated rings. The maximum atomic E-state index is 8.93. The van der Waals surface area contributed by atoms with E-state index in [0.717, 1.165) is 18.8 Å². The number of likely N-dealkylation sites (N-methyl/N-ethyl adjacent to an activating group) is 1. The molecule has 0 N–H and O–H groups in total. The zero-order valence-corrected chi connectivity index (χ0v) is 10.3. The fourth-order valence-corrected chi connectivity index (χ4v) is 2.17. The number of pyridine rings is 1. The molecule has 86 valence electrons. The van der Waals surface area contributed by atoms with Crippen LogP contribution in [0.2, 0.25) is 0 Å². The minimum atomic E-state index is 0.669. The van der Waals surface area contributed by atoms with E-state index < -0.39 is 0 Å². The molecule has 2 rings (SSSR count). The molecular formula is C12H12N4S. The largest absolute Gasteiger partial charge is 0.358 e. The van der Waals surface area contributed by atoms with Gasteiger partial charge in [0, 0.05) is 26.0 Å². The van der Waals surface area contributed by atoms with Crippen LogP contribution in [0, 0.1) is 11.3 Å². The summed E-state index contributed by atoms with van der Waals surface area (Å²) in [5, 5.41) is 8.93. The Kier molecular flexibility index (Phi) is 3.68. The number of aromatic nitrogens is 2. The first-order valence-electron chi connectivity index (χ1n) is 5.25. The monoisotopic (exact) mass is 244 g/mol. The van der Waals surface area contributed by atoms with Gasteiger partial charge in [0.05, 0.1) is 5.51 Å². The summed E-state index contributed by atoms with van der Waals surface area (Å²) in [5.74, 6) is 0.770. The van der Waals surface area contributed by atoms with Gasteiger partial charge >= 0.3 is 0 Å². The average molecular weight is 244 g/mol. The zero-order valence-electron chi connectivity index (χ0n) is 9.50. The van der Waals surface area contributed by atoms with Gasteiger partial charge in [0.25, 0.3) is 0 Å². The van der Waals surface area contributed by atoms with E-state index in [4.69, 9.17) is 5.26 Å². The predicted octanol–water partition coefficient (Wildman–Crippen LogP) is 2.09. The SMILES string of the molecule is CN(CCc1ccncc1)c1ncsc1C#N. The third-order valence-electron chi connectivity index (χ3n) is 2.50. The Hall–Kier alpha value is -1.93. The number of nitrogens with zero attached hydrogens (tertiary/aromatic N) is 4. The Morgan fingerprint density at radius 2 is 2.18 bits per heavy atom. The lowest BCUT2D eigenvalue weighted by Crippen LogP contribution is -2.21. The van der Waals surface area contributed by atoms with E-state index in [1.807, 2.05) is 24.1 Å². The summed E-state index contributed by atoms with van der Waals surface area (Å²) in [4.78, 5) is 10.9. The highest BCUT2D eigenvalue weighted by Crippen LogP contribution is 2.20. The van der Waals surface area contributed by atoms with E-state index in [-0.39, 0.29) is 0 Å². The van der Waals surface area contributed by atoms with Crippen molar-refractivity contribution in [2.24, 2.45) is 0 Å². The first-order valence-corrected chi connectivity index (χ1v) is 6.13. The maximum absolute atomic E-state index is 8.93. The first-order chi connectivity index (χ1) is 8.31. The van der Waals surface area contributed by atoms with Gasteiger partial charge in [-0.3, -0.25) is 4.98 Å². The summed E-state index contributed by atoms with van der Waals surface area (Å²) >= 11 is 1.38. The molecule has 0 spiro atoms. The molecule has 0 radical (unpaired) electrons. The molecule has 2 aromatic rings. The summed E-state index contributed by atoms with van der Waals surface area (Å²) in [6, 6.07) is 6.16. The lowest BCUT2D eigenvalue weighted by Gasteiger charge is -2.16. The van der Waals surface area contributed by atoms with Crippen LogP contribution in [-0.2, 0) is 6.42 Å². The number of hydrogen-bond donors (Lipinski definition) is 0. The van der Waals surface area contributed by atoms with Gasteiger partial charge in [0.1, 0.15) is 10.9 Å². The topological polar surface area (TPSA) is 52.8 Å². The van der Waals surface area contributed by atoms with Crippen LogP contribution >= 0.6 is 11.3 Å². The molecule has 0 atom stereocenters. The predicted molar refractivity (Wildman–Crippen MR) is 68.0 cm³/mol. The van der Waals surface area contributed by atoms with E-state index in [2.05, 4.69) is 16.0 Å². The van der Waals surface area contributed by atoms with Crippen LogP contribution < -0.4 is 4.90 Å². The summed E-state index contributed by atoms with van der Waals surface area (Å²) in [6.07, 6.45) is 4.50. The van der Waals surface area contributed by atoms with Crippen molar-refractivity contribution in [3.05, 3.63) is 40.5 Å². The van der Waals surface area contributed by atoms with Crippen molar-refractivity contribution in [2.75, 3.05) is 18.5 Å². The minimum Gasteiger partial charge on any atom is -0.358 e. The molecule has 4 nitrogen and oxygen atoms in total. The molecule has 0 saturated heterocycles. The van der Waals surface area contributed by atoms with Crippen LogP contribution in [0.25, 0.3) is 0 Å². The molecule has 0 unspecified atom stereocenters. The van der Waals surface area contributed by atoms with Gasteiger partial charge in [-0.1, -0.05) is 0 Å². The van der Waals surface area contributed by atoms with Crippen molar-refractivity contribution in [3.63, 3.8) is 0 Å². The van der Waals surface area contributed by atoms with Gasteiger partial charge in [-0.05, 0) is 24.1 Å². The van der Waals surface area contributed by atoms with Gasteiger partial charge in [-0.2, -0.15) is 5.26 Å². The lowest BCUT2D eigenvalue weighted by molar-refractivity contribution is 0.861. The molecule has 17 heavy (non-hydrogen) atoms. The van der Waals surface area contributed by atoms with E-state index >= 15 is 0 Å². The maximum Gasteiger partial charge on any atom is 0.157 e. The summed E-state index contributed by atoms with van der Waals surface area (Å²) in [6.45, 7) is 0.836. The van der Waals surface area contributed by atoms with Crippen molar-refractivity contribution in [1.29, 1.82) is 5.26 Å². The number of rotatable bonds is 4. The number of anilines is 1. The van der Waals surface area contributed by atoms with Crippen molar-refractivity contribution in [2.45, 2.75) is 6.42 Å². The second-order valence-electron chi connectivity index (χ2n) is 3.64. The minimum absolute atomic E-state index is 0.669. The van der Waals surface area contributed by atoms with Crippen LogP contribution in [0.15, 0.2) is 30.0 Å². The first kappa shape index (κ1) is 11.6. The lowest BCUT2D eigenvalue weighted by atomic mass is 10.2. The molecule has 0 bridgehead atoms. The van der Waals surface area contributed by atoms with Gasteiger partial charge in [-0.25, -0.2) is 4.98 Å². The van der Waals surface area contributed by atoms with E-state index in [1.54, 1.807) is 17.9 Å². The number of hydrogen-bond acceptors (Lipinski definition) is 5. The van der Waals surface area contributed by atoms with Gasteiger partial charge in [-0.15, -0.1) is 11.3 Å². The number of thiazole rings is 1. The van der Waals surface area contributed by atoms with Gasteiger partial charge < -0.3 is 4.90 Å². The quantitative estimate of drug-likeness (QED) is 0.826. The summed E-state index contributed by atoms with van der Waals surface area (Å²) in [5.41, 5.74) is 2.94. The molecular weight excluding hydrogens is 232 g/mol. The molecule has 2 aromatic heterocycles. The molecule has 0 aliphatic heterocycles. The molecule has 0 aliphatic carbocycles. The smallest absolute Gasteiger partial charge is 0.157 e. The highest BCUT2D eigenvalue weighted by molar-refractivity contribution is 7.10. The van der Waals surface area contributed by atoms with Crippen LogP contribution in [0.1, 0.15) is 10.4 Å². The molecule has 0 aromatic carbocycles. The second-order valence-corrected chi connectivity index (χ2v) is 4.50. The molecule has 0 aliphatic rings. The standard InChI is InChI=1S/C12H12N4S/c1-16(12-11(8-13)17-9-15-12)7-4-10-2-5-14-6-3-10/h2-3,5-6,9H,4,7H2,1H3. The van der Waals surface area contributed by atoms with Gasteiger partial charge in [0.2, 0.25) is 0 Å². The fourth-order valence-electron chi connectivity index (χ4n) is 1.54. The molecule has 0 amide bonds. The Bertz CT molecular complexity index is 515. The summed E-state index contributed by atoms with van der Waals surface area (Å²) < 4.78 is 0. The molecule has 2 heterocycles. The van der Waals surface area contributed by atoms with Crippen LogP contribution in [-0.4, -0.2) is 23.6 Å². The second kappa shape index (κ2) is 5.41. The van der Waals surface area contributed by atoms with Crippen LogP contribution in [0.4, 0.5) is 5.82 Å². The highest BCUT2D eigenvalue weighted by atomic mass is 32.1. The zero-order chi connectivity index (χ0) is 12.1. The van der Waals surface area contributed by atoms with E-state index in [0.29, 0.717) is 4.88 Å². The van der Waals surface area contributed by atoms with Crippen LogP contribution in [0.3, 0.4) is 0 Å². The van der Waals surface area contributed by atoms with E-state index in [1.165, 1.54) is 16.9 Å². The Balaban J connectivity index is 1.99. The normalized spacial score (nSPS) is 9.88. The third-order valence-corrected chi connectivity index (χ3v) is 3.22. The van der Waals surface area contributed by atoms with Crippen molar-refractivity contribution in [1.82, 2.24) is 9.97 Å². The number of nitriles is 1. The van der Waals surface area contributed by atoms with Crippen LogP contribution in [0.5, 0.6) is 0 Å². The average Bonchev–Trinajstić information content (AvgIpc) is 2.85. The third kappa shape index (κ3) is 2.80.